The number of benzene rings is 2. The van der Waals surface area contributed by atoms with Crippen molar-refractivity contribution in [3.05, 3.63) is 77.9 Å². The van der Waals surface area contributed by atoms with Crippen molar-refractivity contribution in [3.63, 3.8) is 0 Å². The minimum Gasteiger partial charge on any atom is -0.436 e. The molecule has 0 atom stereocenters. The Bertz CT molecular complexity index is 1200. The van der Waals surface area contributed by atoms with Crippen LogP contribution in [0.3, 0.4) is 0 Å². The Morgan fingerprint density at radius 2 is 1.93 bits per heavy atom. The van der Waals surface area contributed by atoms with Crippen molar-refractivity contribution in [3.8, 4) is 17.5 Å². The Morgan fingerprint density at radius 1 is 1.11 bits per heavy atom. The van der Waals surface area contributed by atoms with E-state index in [9.17, 15) is 9.18 Å². The molecule has 2 heterocycles. The number of aromatic nitrogens is 2. The number of nitrogens with one attached hydrogen (secondary N) is 1. The highest BCUT2D eigenvalue weighted by Crippen LogP contribution is 2.26. The number of hydrogen-bond donors (Lipinski definition) is 1. The van der Waals surface area contributed by atoms with E-state index in [0.29, 0.717) is 22.7 Å². The van der Waals surface area contributed by atoms with Crippen molar-refractivity contribution < 1.29 is 13.6 Å². The van der Waals surface area contributed by atoms with E-state index in [4.69, 9.17) is 9.68 Å². The summed E-state index contributed by atoms with van der Waals surface area (Å²) < 4.78 is 19.7. The Morgan fingerprint density at radius 3 is 2.67 bits per heavy atom. The summed E-state index contributed by atoms with van der Waals surface area (Å²) in [6.45, 7) is 0. The normalized spacial score (nSPS) is 10.5. The molecule has 0 fully saturated rings. The van der Waals surface area contributed by atoms with Crippen molar-refractivity contribution in [2.24, 2.45) is 0 Å². The molecule has 7 heteroatoms. The van der Waals surface area contributed by atoms with Gasteiger partial charge in [-0.25, -0.2) is 9.37 Å². The molecule has 0 aliphatic carbocycles. The molecule has 4 aromatic rings. The van der Waals surface area contributed by atoms with Crippen LogP contribution in [-0.4, -0.2) is 15.9 Å². The van der Waals surface area contributed by atoms with Gasteiger partial charge in [0, 0.05) is 23.6 Å². The molecule has 0 bridgehead atoms. The average molecular weight is 358 g/mol. The first-order chi connectivity index (χ1) is 13.1. The van der Waals surface area contributed by atoms with E-state index in [2.05, 4.69) is 15.3 Å². The van der Waals surface area contributed by atoms with E-state index in [0.717, 1.165) is 11.6 Å². The van der Waals surface area contributed by atoms with E-state index in [1.807, 2.05) is 6.07 Å². The summed E-state index contributed by atoms with van der Waals surface area (Å²) in [5, 5.41) is 11.4. The van der Waals surface area contributed by atoms with E-state index in [1.165, 1.54) is 12.1 Å². The molecule has 0 unspecified atom stereocenters. The molecule has 1 amide bonds. The van der Waals surface area contributed by atoms with Crippen molar-refractivity contribution >= 4 is 22.7 Å². The van der Waals surface area contributed by atoms with Crippen LogP contribution in [0.4, 0.5) is 10.1 Å². The van der Waals surface area contributed by atoms with E-state index in [1.54, 1.807) is 42.7 Å². The third-order valence-electron chi connectivity index (χ3n) is 3.92. The van der Waals surface area contributed by atoms with Gasteiger partial charge in [0.1, 0.15) is 11.3 Å². The molecule has 4 rings (SSSR count). The molecule has 2 aromatic carbocycles. The molecule has 130 valence electrons. The van der Waals surface area contributed by atoms with Gasteiger partial charge in [-0.1, -0.05) is 0 Å². The van der Waals surface area contributed by atoms with Crippen LogP contribution in [0.5, 0.6) is 0 Å². The second-order valence-electron chi connectivity index (χ2n) is 5.70. The van der Waals surface area contributed by atoms with Gasteiger partial charge in [0.15, 0.2) is 5.58 Å². The van der Waals surface area contributed by atoms with Crippen molar-refractivity contribution in [2.75, 3.05) is 5.32 Å². The van der Waals surface area contributed by atoms with Gasteiger partial charge >= 0.3 is 0 Å². The molecule has 0 aliphatic rings. The first kappa shape index (κ1) is 16.4. The van der Waals surface area contributed by atoms with Crippen LogP contribution in [0, 0.1) is 17.1 Å². The smallest absolute Gasteiger partial charge is 0.258 e. The lowest BCUT2D eigenvalue weighted by molar-refractivity contribution is 0.102. The molecule has 0 radical (unpaired) electrons. The highest BCUT2D eigenvalue weighted by atomic mass is 19.1. The van der Waals surface area contributed by atoms with Gasteiger partial charge < -0.3 is 9.73 Å². The number of fused-ring (bicyclic) bond motifs is 1. The Hall–Kier alpha value is -4.05. The summed E-state index contributed by atoms with van der Waals surface area (Å²) in [6.07, 6.45) is 3.28. The second kappa shape index (κ2) is 6.69. The zero-order valence-corrected chi connectivity index (χ0v) is 13.8. The minimum absolute atomic E-state index is 0.147. The van der Waals surface area contributed by atoms with Crippen LogP contribution >= 0.6 is 0 Å². The molecule has 1 N–H and O–H groups in total. The summed E-state index contributed by atoms with van der Waals surface area (Å²) in [5.41, 5.74) is 2.35. The van der Waals surface area contributed by atoms with Gasteiger partial charge in [-0.3, -0.25) is 9.78 Å². The Balaban J connectivity index is 1.61. The number of amides is 1. The molecule has 27 heavy (non-hydrogen) atoms. The number of anilines is 1. The maximum Gasteiger partial charge on any atom is 0.258 e. The lowest BCUT2D eigenvalue weighted by Gasteiger charge is -2.06. The molecule has 0 aliphatic heterocycles. The van der Waals surface area contributed by atoms with Gasteiger partial charge in [-0.15, -0.1) is 0 Å². The lowest BCUT2D eigenvalue weighted by atomic mass is 10.1. The van der Waals surface area contributed by atoms with Crippen LogP contribution in [-0.2, 0) is 0 Å². The molecule has 2 aromatic heterocycles. The third kappa shape index (κ3) is 3.24. The Kier molecular flexibility index (Phi) is 4.07. The number of nitriles is 1. The SMILES string of the molecule is N#Cc1ccc(C(=O)Nc2ccc3oc(-c4ccncc4)nc3c2)c(F)c1. The molecule has 0 saturated carbocycles. The lowest BCUT2D eigenvalue weighted by Crippen LogP contribution is -2.13. The third-order valence-corrected chi connectivity index (χ3v) is 3.92. The van der Waals surface area contributed by atoms with Crippen molar-refractivity contribution in [2.45, 2.75) is 0 Å². The van der Waals surface area contributed by atoms with Gasteiger partial charge in [-0.2, -0.15) is 5.26 Å². The number of pyridine rings is 1. The van der Waals surface area contributed by atoms with Gasteiger partial charge in [0.2, 0.25) is 5.89 Å². The largest absolute Gasteiger partial charge is 0.436 e. The number of carbonyl (C=O) groups is 1. The maximum atomic E-state index is 14.0. The highest BCUT2D eigenvalue weighted by molar-refractivity contribution is 6.05. The fourth-order valence-corrected chi connectivity index (χ4v) is 2.59. The zero-order valence-electron chi connectivity index (χ0n) is 13.8. The van der Waals surface area contributed by atoms with Gasteiger partial charge in [0.05, 0.1) is 17.2 Å². The first-order valence-corrected chi connectivity index (χ1v) is 7.96. The summed E-state index contributed by atoms with van der Waals surface area (Å²) in [7, 11) is 0. The maximum absolute atomic E-state index is 14.0. The minimum atomic E-state index is -0.756. The summed E-state index contributed by atoms with van der Waals surface area (Å²) >= 11 is 0. The van der Waals surface area contributed by atoms with Crippen molar-refractivity contribution in [1.82, 2.24) is 9.97 Å². The van der Waals surface area contributed by atoms with E-state index in [-0.39, 0.29) is 11.1 Å². The fraction of sp³-hybridized carbons (Fsp3) is 0. The highest BCUT2D eigenvalue weighted by Gasteiger charge is 2.14. The first-order valence-electron chi connectivity index (χ1n) is 7.96. The zero-order chi connectivity index (χ0) is 18.8. The molecule has 6 nitrogen and oxygen atoms in total. The van der Waals surface area contributed by atoms with Gasteiger partial charge in [0.25, 0.3) is 5.91 Å². The molecule has 0 saturated heterocycles. The van der Waals surface area contributed by atoms with Crippen LogP contribution < -0.4 is 5.32 Å². The number of nitrogens with zero attached hydrogens (tertiary/aromatic N) is 3. The summed E-state index contributed by atoms with van der Waals surface area (Å²) in [4.78, 5) is 20.7. The van der Waals surface area contributed by atoms with E-state index >= 15 is 0 Å². The topological polar surface area (TPSA) is 91.8 Å². The molecular formula is C20H11FN4O2. The van der Waals surface area contributed by atoms with Crippen LogP contribution in [0.15, 0.2) is 65.3 Å². The number of halogens is 1. The second-order valence-corrected chi connectivity index (χ2v) is 5.70. The van der Waals surface area contributed by atoms with Gasteiger partial charge in [-0.05, 0) is 48.5 Å². The molecular weight excluding hydrogens is 347 g/mol. The average Bonchev–Trinajstić information content (AvgIpc) is 3.12. The predicted octanol–water partition coefficient (Wildman–Crippen LogP) is 4.15. The van der Waals surface area contributed by atoms with Crippen LogP contribution in [0.2, 0.25) is 0 Å². The van der Waals surface area contributed by atoms with E-state index < -0.39 is 11.7 Å². The van der Waals surface area contributed by atoms with Crippen LogP contribution in [0.1, 0.15) is 15.9 Å². The summed E-state index contributed by atoms with van der Waals surface area (Å²) in [6, 6.07) is 14.0. The number of rotatable bonds is 3. The number of hydrogen-bond acceptors (Lipinski definition) is 5. The summed E-state index contributed by atoms with van der Waals surface area (Å²) in [5.74, 6) is -0.933. The monoisotopic (exact) mass is 358 g/mol. The number of carbonyl (C=O) groups excluding carboxylic acids is 1. The fourth-order valence-electron chi connectivity index (χ4n) is 2.59. The predicted molar refractivity (Wildman–Crippen MR) is 96.3 cm³/mol. The quantitative estimate of drug-likeness (QED) is 0.594. The van der Waals surface area contributed by atoms with Crippen LogP contribution in [0.25, 0.3) is 22.6 Å². The standard InChI is InChI=1S/C20H11FN4O2/c21-16-9-12(11-22)1-3-15(16)19(26)24-14-2-4-18-17(10-14)25-20(27-18)13-5-7-23-8-6-13/h1-10H,(H,24,26). The number of oxazole rings is 1. The Labute approximate surface area is 152 Å². The molecule has 0 spiro atoms. The van der Waals surface area contributed by atoms with Crippen molar-refractivity contribution in [1.29, 1.82) is 5.26 Å².